The number of para-hydroxylation sites is 1. The molecule has 1 aromatic heterocycles. The molecule has 1 heterocycles. The van der Waals surface area contributed by atoms with Gasteiger partial charge in [0, 0.05) is 10.8 Å². The van der Waals surface area contributed by atoms with E-state index in [1.807, 2.05) is 24.3 Å². The van der Waals surface area contributed by atoms with Crippen molar-refractivity contribution >= 4 is 28.5 Å². The predicted molar refractivity (Wildman–Crippen MR) is 81.8 cm³/mol. The number of hydrogen-bond donors (Lipinski definition) is 3. The van der Waals surface area contributed by atoms with Crippen LogP contribution in [0.25, 0.3) is 10.9 Å². The lowest BCUT2D eigenvalue weighted by Gasteiger charge is -2.21. The van der Waals surface area contributed by atoms with Crippen molar-refractivity contribution < 1.29 is 9.59 Å². The molecule has 3 N–H and O–H groups in total. The van der Waals surface area contributed by atoms with Crippen LogP contribution in [0.3, 0.4) is 0 Å². The van der Waals surface area contributed by atoms with Gasteiger partial charge in [-0.15, -0.1) is 0 Å². The van der Waals surface area contributed by atoms with Gasteiger partial charge in [-0.1, -0.05) is 32.9 Å². The van der Waals surface area contributed by atoms with E-state index in [1.54, 1.807) is 27.7 Å². The molecule has 0 fully saturated rings. The van der Waals surface area contributed by atoms with Gasteiger partial charge < -0.3 is 10.6 Å². The van der Waals surface area contributed by atoms with Gasteiger partial charge >= 0.3 is 0 Å². The maximum Gasteiger partial charge on any atom is 0.247 e. The van der Waals surface area contributed by atoms with Gasteiger partial charge in [0.15, 0.2) is 5.82 Å². The van der Waals surface area contributed by atoms with Crippen LogP contribution < -0.4 is 10.6 Å². The van der Waals surface area contributed by atoms with Crippen molar-refractivity contribution in [1.29, 1.82) is 0 Å². The Balaban J connectivity index is 2.06. The van der Waals surface area contributed by atoms with Crippen molar-refractivity contribution in [1.82, 2.24) is 15.5 Å². The topological polar surface area (TPSA) is 86.9 Å². The Morgan fingerprint density at radius 3 is 2.57 bits per heavy atom. The molecule has 21 heavy (non-hydrogen) atoms. The van der Waals surface area contributed by atoms with Crippen LogP contribution in [0.15, 0.2) is 24.3 Å². The number of aromatic nitrogens is 2. The first kappa shape index (κ1) is 15.0. The molecule has 0 radical (unpaired) electrons. The van der Waals surface area contributed by atoms with Gasteiger partial charge in [0.2, 0.25) is 11.8 Å². The van der Waals surface area contributed by atoms with E-state index in [2.05, 4.69) is 20.8 Å². The molecule has 1 aromatic carbocycles. The average Bonchev–Trinajstić information content (AvgIpc) is 2.81. The highest BCUT2D eigenvalue weighted by atomic mass is 16.2. The number of hydrogen-bond acceptors (Lipinski definition) is 3. The van der Waals surface area contributed by atoms with Crippen LogP contribution in [-0.2, 0) is 9.59 Å². The van der Waals surface area contributed by atoms with Crippen molar-refractivity contribution in [2.75, 3.05) is 5.32 Å². The molecule has 0 aliphatic carbocycles. The minimum absolute atomic E-state index is 0.169. The van der Waals surface area contributed by atoms with Crippen molar-refractivity contribution in [2.24, 2.45) is 5.41 Å². The standard InChI is InChI=1S/C15H20N4O2/c1-9(16-14(21)15(2,3)4)13(20)17-12-10-7-5-6-8-11(10)18-19-12/h5-9H,1-4H3,(H,16,21)(H2,17,18,19,20). The highest BCUT2D eigenvalue weighted by Gasteiger charge is 2.25. The third-order valence-electron chi connectivity index (χ3n) is 3.13. The normalized spacial score (nSPS) is 13.0. The van der Waals surface area contributed by atoms with E-state index in [9.17, 15) is 9.59 Å². The summed E-state index contributed by atoms with van der Waals surface area (Å²) in [6.45, 7) is 7.05. The van der Waals surface area contributed by atoms with Crippen molar-refractivity contribution in [3.63, 3.8) is 0 Å². The zero-order chi connectivity index (χ0) is 15.6. The summed E-state index contributed by atoms with van der Waals surface area (Å²) in [6.07, 6.45) is 0. The summed E-state index contributed by atoms with van der Waals surface area (Å²) in [6, 6.07) is 6.87. The molecule has 0 aliphatic rings. The Bertz CT molecular complexity index is 670. The summed E-state index contributed by atoms with van der Waals surface area (Å²) in [5, 5.41) is 13.2. The quantitative estimate of drug-likeness (QED) is 0.808. The third kappa shape index (κ3) is 3.39. The fraction of sp³-hybridized carbons (Fsp3) is 0.400. The highest BCUT2D eigenvalue weighted by Crippen LogP contribution is 2.19. The van der Waals surface area contributed by atoms with Gasteiger partial charge in [-0.3, -0.25) is 14.7 Å². The molecule has 0 aliphatic heterocycles. The van der Waals surface area contributed by atoms with E-state index in [-0.39, 0.29) is 11.8 Å². The van der Waals surface area contributed by atoms with Crippen molar-refractivity contribution in [2.45, 2.75) is 33.7 Å². The monoisotopic (exact) mass is 288 g/mol. The number of nitrogens with one attached hydrogen (secondary N) is 3. The van der Waals surface area contributed by atoms with E-state index >= 15 is 0 Å². The number of nitrogens with zero attached hydrogens (tertiary/aromatic N) is 1. The Labute approximate surface area is 123 Å². The maximum absolute atomic E-state index is 12.1. The summed E-state index contributed by atoms with van der Waals surface area (Å²) >= 11 is 0. The highest BCUT2D eigenvalue weighted by molar-refractivity contribution is 6.02. The minimum atomic E-state index is -0.632. The molecule has 2 rings (SSSR count). The van der Waals surface area contributed by atoms with Crippen LogP contribution in [0.5, 0.6) is 0 Å². The van der Waals surface area contributed by atoms with E-state index in [4.69, 9.17) is 0 Å². The Hall–Kier alpha value is -2.37. The lowest BCUT2D eigenvalue weighted by molar-refractivity contribution is -0.131. The second-order valence-corrected chi connectivity index (χ2v) is 6.05. The van der Waals surface area contributed by atoms with Crippen LogP contribution in [0, 0.1) is 5.41 Å². The van der Waals surface area contributed by atoms with Crippen LogP contribution in [0.4, 0.5) is 5.82 Å². The number of H-pyrrole nitrogens is 1. The lowest BCUT2D eigenvalue weighted by atomic mass is 9.95. The van der Waals surface area contributed by atoms with Crippen molar-refractivity contribution in [3.8, 4) is 0 Å². The van der Waals surface area contributed by atoms with Gasteiger partial charge in [-0.2, -0.15) is 5.10 Å². The number of anilines is 1. The van der Waals surface area contributed by atoms with Gasteiger partial charge in [0.05, 0.1) is 5.52 Å². The van der Waals surface area contributed by atoms with E-state index in [0.717, 1.165) is 10.9 Å². The first-order valence-corrected chi connectivity index (χ1v) is 6.84. The fourth-order valence-electron chi connectivity index (χ4n) is 1.76. The minimum Gasteiger partial charge on any atom is -0.344 e. The summed E-state index contributed by atoms with van der Waals surface area (Å²) in [7, 11) is 0. The molecule has 0 saturated carbocycles. The van der Waals surface area contributed by atoms with E-state index in [1.165, 1.54) is 0 Å². The van der Waals surface area contributed by atoms with Gasteiger partial charge in [0.1, 0.15) is 6.04 Å². The molecule has 0 bridgehead atoms. The number of fused-ring (bicyclic) bond motifs is 1. The number of carbonyl (C=O) groups is 2. The smallest absolute Gasteiger partial charge is 0.247 e. The van der Waals surface area contributed by atoms with Crippen molar-refractivity contribution in [3.05, 3.63) is 24.3 Å². The molecule has 2 aromatic rings. The van der Waals surface area contributed by atoms with Gasteiger partial charge in [0.25, 0.3) is 0 Å². The Kier molecular flexibility index (Phi) is 3.97. The van der Waals surface area contributed by atoms with Gasteiger partial charge in [-0.25, -0.2) is 0 Å². The predicted octanol–water partition coefficient (Wildman–Crippen LogP) is 2.05. The largest absolute Gasteiger partial charge is 0.344 e. The summed E-state index contributed by atoms with van der Waals surface area (Å²) < 4.78 is 0. The van der Waals surface area contributed by atoms with Crippen LogP contribution in [-0.4, -0.2) is 28.1 Å². The second kappa shape index (κ2) is 5.55. The number of amides is 2. The fourth-order valence-corrected chi connectivity index (χ4v) is 1.76. The van der Waals surface area contributed by atoms with E-state index in [0.29, 0.717) is 5.82 Å². The molecule has 0 spiro atoms. The SMILES string of the molecule is CC(NC(=O)C(C)(C)C)C(=O)Nc1n[nH]c2ccccc12. The Morgan fingerprint density at radius 2 is 1.90 bits per heavy atom. The van der Waals surface area contributed by atoms with E-state index < -0.39 is 11.5 Å². The molecule has 1 atom stereocenters. The molecule has 2 amide bonds. The lowest BCUT2D eigenvalue weighted by Crippen LogP contribution is -2.46. The van der Waals surface area contributed by atoms with Crippen LogP contribution >= 0.6 is 0 Å². The number of rotatable bonds is 3. The molecular formula is C15H20N4O2. The molecular weight excluding hydrogens is 268 g/mol. The zero-order valence-electron chi connectivity index (χ0n) is 12.7. The van der Waals surface area contributed by atoms with Crippen LogP contribution in [0.1, 0.15) is 27.7 Å². The molecule has 6 nitrogen and oxygen atoms in total. The van der Waals surface area contributed by atoms with Crippen LogP contribution in [0.2, 0.25) is 0 Å². The molecule has 6 heteroatoms. The summed E-state index contributed by atoms with van der Waals surface area (Å²) in [5.41, 5.74) is 0.312. The molecule has 112 valence electrons. The molecule has 1 unspecified atom stereocenters. The first-order valence-electron chi connectivity index (χ1n) is 6.84. The number of aromatic amines is 1. The summed E-state index contributed by atoms with van der Waals surface area (Å²) in [4.78, 5) is 24.0. The third-order valence-corrected chi connectivity index (χ3v) is 3.13. The maximum atomic E-state index is 12.1. The number of benzene rings is 1. The summed E-state index contributed by atoms with van der Waals surface area (Å²) in [5.74, 6) is -0.00523. The number of carbonyl (C=O) groups excluding carboxylic acids is 2. The molecule has 0 saturated heterocycles. The average molecular weight is 288 g/mol. The first-order chi connectivity index (χ1) is 9.79. The Morgan fingerprint density at radius 1 is 1.24 bits per heavy atom. The second-order valence-electron chi connectivity index (χ2n) is 6.05. The van der Waals surface area contributed by atoms with Gasteiger partial charge in [-0.05, 0) is 19.1 Å². The zero-order valence-corrected chi connectivity index (χ0v) is 12.7.